The molecule has 0 spiro atoms. The number of nitrogens with one attached hydrogen (secondary N) is 2. The monoisotopic (exact) mass is 302 g/mol. The molecule has 4 heteroatoms. The summed E-state index contributed by atoms with van der Waals surface area (Å²) in [7, 11) is 0. The van der Waals surface area contributed by atoms with Crippen molar-refractivity contribution in [3.63, 3.8) is 0 Å². The fraction of sp³-hybridized carbons (Fsp3) is 0.105. The number of para-hydroxylation sites is 3. The Bertz CT molecular complexity index is 825. The van der Waals surface area contributed by atoms with E-state index in [1.165, 1.54) is 0 Å². The van der Waals surface area contributed by atoms with Crippen molar-refractivity contribution in [1.29, 1.82) is 5.41 Å². The minimum Gasteiger partial charge on any atom is -0.362 e. The van der Waals surface area contributed by atoms with Crippen LogP contribution in [-0.4, -0.2) is 15.7 Å². The van der Waals surface area contributed by atoms with Gasteiger partial charge in [-0.1, -0.05) is 30.3 Å². The Kier molecular flexibility index (Phi) is 4.74. The number of aromatic nitrogens is 2. The molecule has 23 heavy (non-hydrogen) atoms. The highest BCUT2D eigenvalue weighted by Crippen LogP contribution is 2.10. The van der Waals surface area contributed by atoms with E-state index in [1.54, 1.807) is 18.5 Å². The molecule has 0 aliphatic carbocycles. The molecule has 4 nitrogen and oxygen atoms in total. The van der Waals surface area contributed by atoms with E-state index in [1.807, 2.05) is 54.6 Å². The normalized spacial score (nSPS) is 11.0. The van der Waals surface area contributed by atoms with Crippen molar-refractivity contribution in [1.82, 2.24) is 9.97 Å². The van der Waals surface area contributed by atoms with Crippen LogP contribution >= 0.6 is 0 Å². The van der Waals surface area contributed by atoms with Crippen LogP contribution in [0.25, 0.3) is 11.0 Å². The molecule has 2 aromatic carbocycles. The van der Waals surface area contributed by atoms with Gasteiger partial charge in [-0.15, -0.1) is 0 Å². The predicted molar refractivity (Wildman–Crippen MR) is 94.8 cm³/mol. The van der Waals surface area contributed by atoms with Gasteiger partial charge in [-0.25, -0.2) is 4.98 Å². The molecule has 0 saturated carbocycles. The average Bonchev–Trinajstić information content (AvgIpc) is 2.61. The molecule has 0 amide bonds. The SMILES string of the molecule is N=C(/C=C\Nc1ccccc1)CCc1cnc2ccccc2n1. The summed E-state index contributed by atoms with van der Waals surface area (Å²) in [5, 5.41) is 11.1. The quantitative estimate of drug-likeness (QED) is 0.671. The lowest BCUT2D eigenvalue weighted by Gasteiger charge is -2.02. The topological polar surface area (TPSA) is 61.7 Å². The number of hydrogen-bond donors (Lipinski definition) is 2. The molecule has 0 saturated heterocycles. The van der Waals surface area contributed by atoms with Crippen LogP contribution in [0.1, 0.15) is 12.1 Å². The predicted octanol–water partition coefficient (Wildman–Crippen LogP) is 4.21. The maximum absolute atomic E-state index is 7.99. The molecular formula is C19H18N4. The van der Waals surface area contributed by atoms with E-state index >= 15 is 0 Å². The standard InChI is InChI=1S/C19H18N4/c20-15(12-13-21-16-6-2-1-3-7-16)10-11-17-14-22-18-8-4-5-9-19(18)23-17/h1-9,12-14,20-21H,10-11H2/b13-12-,20-15?. The van der Waals surface area contributed by atoms with Gasteiger partial charge in [0.25, 0.3) is 0 Å². The fourth-order valence-corrected chi connectivity index (χ4v) is 2.23. The minimum absolute atomic E-state index is 0.559. The number of hydrogen-bond acceptors (Lipinski definition) is 4. The molecule has 1 aromatic heterocycles. The first kappa shape index (κ1) is 14.9. The van der Waals surface area contributed by atoms with Gasteiger partial charge >= 0.3 is 0 Å². The highest BCUT2D eigenvalue weighted by atomic mass is 14.8. The summed E-state index contributed by atoms with van der Waals surface area (Å²) >= 11 is 0. The van der Waals surface area contributed by atoms with Gasteiger partial charge in [-0.3, -0.25) is 4.98 Å². The number of allylic oxidation sites excluding steroid dienone is 1. The van der Waals surface area contributed by atoms with Crippen molar-refractivity contribution >= 4 is 22.4 Å². The van der Waals surface area contributed by atoms with E-state index in [9.17, 15) is 0 Å². The molecule has 0 aliphatic rings. The van der Waals surface area contributed by atoms with E-state index in [2.05, 4.69) is 15.3 Å². The van der Waals surface area contributed by atoms with Crippen LogP contribution in [0.2, 0.25) is 0 Å². The number of benzene rings is 2. The lowest BCUT2D eigenvalue weighted by atomic mass is 10.1. The van der Waals surface area contributed by atoms with E-state index in [0.29, 0.717) is 18.6 Å². The van der Waals surface area contributed by atoms with Crippen LogP contribution in [0.3, 0.4) is 0 Å². The van der Waals surface area contributed by atoms with E-state index < -0.39 is 0 Å². The first-order valence-corrected chi connectivity index (χ1v) is 7.57. The molecule has 3 rings (SSSR count). The van der Waals surface area contributed by atoms with Crippen molar-refractivity contribution < 1.29 is 0 Å². The third kappa shape index (κ3) is 4.23. The molecule has 0 atom stereocenters. The smallest absolute Gasteiger partial charge is 0.0890 e. The van der Waals surface area contributed by atoms with Crippen LogP contribution in [0.5, 0.6) is 0 Å². The Morgan fingerprint density at radius 3 is 2.57 bits per heavy atom. The Hall–Kier alpha value is -3.01. The van der Waals surface area contributed by atoms with Crippen molar-refractivity contribution in [2.45, 2.75) is 12.8 Å². The molecular weight excluding hydrogens is 284 g/mol. The van der Waals surface area contributed by atoms with Crippen LogP contribution in [0.4, 0.5) is 5.69 Å². The summed E-state index contributed by atoms with van der Waals surface area (Å²) in [6.45, 7) is 0. The van der Waals surface area contributed by atoms with Crippen molar-refractivity contribution in [2.24, 2.45) is 0 Å². The lowest BCUT2D eigenvalue weighted by Crippen LogP contribution is -1.99. The van der Waals surface area contributed by atoms with Gasteiger partial charge in [0.1, 0.15) is 0 Å². The van der Waals surface area contributed by atoms with Gasteiger partial charge in [-0.05, 0) is 43.2 Å². The summed E-state index contributed by atoms with van der Waals surface area (Å²) in [6.07, 6.45) is 6.72. The summed E-state index contributed by atoms with van der Waals surface area (Å²) in [5.74, 6) is 0. The highest BCUT2D eigenvalue weighted by molar-refractivity contribution is 5.92. The van der Waals surface area contributed by atoms with Crippen molar-refractivity contribution in [3.8, 4) is 0 Å². The van der Waals surface area contributed by atoms with Gasteiger partial charge < -0.3 is 10.7 Å². The van der Waals surface area contributed by atoms with E-state index in [-0.39, 0.29) is 0 Å². The lowest BCUT2D eigenvalue weighted by molar-refractivity contribution is 0.966. The molecule has 0 bridgehead atoms. The molecule has 0 aliphatic heterocycles. The molecule has 0 unspecified atom stereocenters. The third-order valence-electron chi connectivity index (χ3n) is 3.46. The second kappa shape index (κ2) is 7.31. The van der Waals surface area contributed by atoms with E-state index in [0.717, 1.165) is 22.4 Å². The van der Waals surface area contributed by atoms with Gasteiger partial charge in [0, 0.05) is 23.8 Å². The fourth-order valence-electron chi connectivity index (χ4n) is 2.23. The second-order valence-electron chi connectivity index (χ2n) is 5.22. The first-order valence-electron chi connectivity index (χ1n) is 7.57. The molecule has 3 aromatic rings. The van der Waals surface area contributed by atoms with Crippen LogP contribution in [-0.2, 0) is 6.42 Å². The zero-order valence-electron chi connectivity index (χ0n) is 12.7. The van der Waals surface area contributed by atoms with Gasteiger partial charge in [0.15, 0.2) is 0 Å². The number of anilines is 1. The first-order chi connectivity index (χ1) is 11.3. The summed E-state index contributed by atoms with van der Waals surface area (Å²) in [6, 6.07) is 17.7. The minimum atomic E-state index is 0.559. The summed E-state index contributed by atoms with van der Waals surface area (Å²) < 4.78 is 0. The molecule has 2 N–H and O–H groups in total. The van der Waals surface area contributed by atoms with Gasteiger partial charge in [0.05, 0.1) is 16.7 Å². The van der Waals surface area contributed by atoms with Crippen LogP contribution in [0, 0.1) is 5.41 Å². The maximum Gasteiger partial charge on any atom is 0.0890 e. The summed E-state index contributed by atoms with van der Waals surface area (Å²) in [4.78, 5) is 8.97. The maximum atomic E-state index is 7.99. The molecule has 114 valence electrons. The third-order valence-corrected chi connectivity index (χ3v) is 3.46. The molecule has 1 heterocycles. The number of nitrogens with zero attached hydrogens (tertiary/aromatic N) is 2. The Balaban J connectivity index is 1.53. The number of rotatable bonds is 6. The molecule has 0 radical (unpaired) electrons. The molecule has 0 fully saturated rings. The summed E-state index contributed by atoms with van der Waals surface area (Å²) in [5.41, 5.74) is 4.29. The van der Waals surface area contributed by atoms with E-state index in [4.69, 9.17) is 5.41 Å². The largest absolute Gasteiger partial charge is 0.362 e. The second-order valence-corrected chi connectivity index (χ2v) is 5.22. The van der Waals surface area contributed by atoms with Gasteiger partial charge in [0.2, 0.25) is 0 Å². The Morgan fingerprint density at radius 1 is 1.00 bits per heavy atom. The van der Waals surface area contributed by atoms with Gasteiger partial charge in [-0.2, -0.15) is 0 Å². The van der Waals surface area contributed by atoms with Crippen molar-refractivity contribution in [3.05, 3.63) is 78.8 Å². The zero-order chi connectivity index (χ0) is 15.9. The van der Waals surface area contributed by atoms with Crippen LogP contribution in [0.15, 0.2) is 73.1 Å². The van der Waals surface area contributed by atoms with Crippen molar-refractivity contribution in [2.75, 3.05) is 5.32 Å². The number of aryl methyl sites for hydroxylation is 1. The number of fused-ring (bicyclic) bond motifs is 1. The van der Waals surface area contributed by atoms with Crippen LogP contribution < -0.4 is 5.32 Å². The zero-order valence-corrected chi connectivity index (χ0v) is 12.7. The Morgan fingerprint density at radius 2 is 1.74 bits per heavy atom. The highest BCUT2D eigenvalue weighted by Gasteiger charge is 2.00. The average molecular weight is 302 g/mol. The Labute approximate surface area is 135 Å².